The van der Waals surface area contributed by atoms with E-state index < -0.39 is 0 Å². The van der Waals surface area contributed by atoms with E-state index in [0.717, 1.165) is 18.5 Å². The van der Waals surface area contributed by atoms with Crippen LogP contribution >= 0.6 is 23.5 Å². The number of thioether (sulfide) groups is 1. The Kier molecular flexibility index (Phi) is 6.10. The van der Waals surface area contributed by atoms with Gasteiger partial charge < -0.3 is 10.2 Å². The van der Waals surface area contributed by atoms with Crippen molar-refractivity contribution in [3.8, 4) is 0 Å². The minimum atomic E-state index is -0.316. The van der Waals surface area contributed by atoms with Gasteiger partial charge in [0.1, 0.15) is 5.37 Å². The van der Waals surface area contributed by atoms with Crippen LogP contribution in [-0.4, -0.2) is 35.7 Å². The van der Waals surface area contributed by atoms with E-state index in [1.54, 1.807) is 11.8 Å². The van der Waals surface area contributed by atoms with Crippen LogP contribution in [0.1, 0.15) is 17.4 Å². The molecule has 5 rings (SSSR count). The van der Waals surface area contributed by atoms with E-state index in [1.165, 1.54) is 37.8 Å². The predicted molar refractivity (Wildman–Crippen MR) is 131 cm³/mol. The van der Waals surface area contributed by atoms with Crippen molar-refractivity contribution in [2.75, 3.05) is 23.7 Å². The summed E-state index contributed by atoms with van der Waals surface area (Å²) in [6.07, 6.45) is 0.768. The minimum absolute atomic E-state index is 0.141. The van der Waals surface area contributed by atoms with Crippen molar-refractivity contribution >= 4 is 46.8 Å². The molecule has 1 atom stereocenters. The number of carbonyl (C=O) groups excluding carboxylic acids is 2. The molecule has 0 aliphatic carbocycles. The van der Waals surface area contributed by atoms with Crippen molar-refractivity contribution in [2.45, 2.75) is 21.6 Å². The first-order chi connectivity index (χ1) is 15.7. The molecule has 2 heterocycles. The van der Waals surface area contributed by atoms with Crippen LogP contribution in [0.5, 0.6) is 0 Å². The number of carbonyl (C=O) groups is 2. The van der Waals surface area contributed by atoms with E-state index in [4.69, 9.17) is 0 Å². The van der Waals surface area contributed by atoms with E-state index in [0.29, 0.717) is 12.3 Å². The third-order valence-corrected chi connectivity index (χ3v) is 7.88. The van der Waals surface area contributed by atoms with E-state index in [2.05, 4.69) is 58.7 Å². The lowest BCUT2D eigenvalue weighted by atomic mass is 10.2. The zero-order chi connectivity index (χ0) is 21.9. The highest BCUT2D eigenvalue weighted by molar-refractivity contribution is 8.00. The molecule has 5 nitrogen and oxygen atoms in total. The quantitative estimate of drug-likeness (QED) is 0.497. The molecule has 1 saturated heterocycles. The smallest absolute Gasteiger partial charge is 0.325 e. The van der Waals surface area contributed by atoms with Gasteiger partial charge in [0.2, 0.25) is 5.91 Å². The van der Waals surface area contributed by atoms with Gasteiger partial charge in [-0.2, -0.15) is 0 Å². The molecule has 1 unspecified atom stereocenters. The highest BCUT2D eigenvalue weighted by atomic mass is 32.2. The number of nitrogens with zero attached hydrogens (tertiary/aromatic N) is 2. The van der Waals surface area contributed by atoms with Crippen molar-refractivity contribution in [3.05, 3.63) is 84.4 Å². The van der Waals surface area contributed by atoms with E-state index in [-0.39, 0.29) is 17.3 Å². The molecule has 3 aromatic carbocycles. The lowest BCUT2D eigenvalue weighted by Crippen LogP contribution is -2.43. The maximum Gasteiger partial charge on any atom is 0.325 e. The number of amides is 3. The molecule has 0 radical (unpaired) electrons. The Morgan fingerprint density at radius 1 is 0.906 bits per heavy atom. The van der Waals surface area contributed by atoms with Crippen molar-refractivity contribution in [2.24, 2.45) is 0 Å². The normalized spacial score (nSPS) is 17.1. The van der Waals surface area contributed by atoms with Crippen LogP contribution in [0.3, 0.4) is 0 Å². The Hall–Kier alpha value is -2.90. The number of benzene rings is 3. The summed E-state index contributed by atoms with van der Waals surface area (Å²) < 4.78 is 0. The molecule has 3 aromatic rings. The molecule has 3 amide bonds. The topological polar surface area (TPSA) is 52.7 Å². The summed E-state index contributed by atoms with van der Waals surface area (Å²) in [6.45, 7) is 1.28. The van der Waals surface area contributed by atoms with Crippen LogP contribution in [-0.2, 0) is 4.79 Å². The number of hydrogen-bond acceptors (Lipinski definition) is 5. The third-order valence-electron chi connectivity index (χ3n) is 5.54. The Balaban J connectivity index is 1.23. The fourth-order valence-corrected chi connectivity index (χ4v) is 6.29. The maximum absolute atomic E-state index is 12.9. The van der Waals surface area contributed by atoms with Crippen molar-refractivity contribution in [1.82, 2.24) is 10.2 Å². The third kappa shape index (κ3) is 4.10. The van der Waals surface area contributed by atoms with Crippen LogP contribution in [0.15, 0.2) is 88.7 Å². The first-order valence-electron chi connectivity index (χ1n) is 10.6. The number of hydrogen-bond donors (Lipinski definition) is 1. The Bertz CT molecular complexity index is 1090. The molecular weight excluding hydrogens is 438 g/mol. The van der Waals surface area contributed by atoms with Crippen molar-refractivity contribution in [3.63, 3.8) is 0 Å². The number of rotatable bonds is 5. The summed E-state index contributed by atoms with van der Waals surface area (Å²) in [5.41, 5.74) is 3.35. The van der Waals surface area contributed by atoms with Gasteiger partial charge in [-0.1, -0.05) is 66.4 Å². The Morgan fingerprint density at radius 3 is 2.22 bits per heavy atom. The van der Waals surface area contributed by atoms with E-state index in [1.807, 2.05) is 30.3 Å². The first kappa shape index (κ1) is 21.0. The molecule has 0 aromatic heterocycles. The second kappa shape index (κ2) is 9.30. The maximum atomic E-state index is 12.9. The average Bonchev–Trinajstić information content (AvgIpc) is 3.23. The summed E-state index contributed by atoms with van der Waals surface area (Å²) in [4.78, 5) is 31.4. The fourth-order valence-electron chi connectivity index (χ4n) is 4.05. The summed E-state index contributed by atoms with van der Waals surface area (Å²) in [5.74, 6) is 0.184. The number of para-hydroxylation sites is 2. The standard InChI is InChI=1S/C25H23N3O2S2/c29-23-17-31-24(18-9-2-1-3-10-18)28(23)25(30)26-15-8-16-27-19-11-4-6-13-21(19)32-22-14-7-5-12-20(22)27/h1-7,9-14,24H,8,15-17H2,(H,26,30). The van der Waals surface area contributed by atoms with Gasteiger partial charge in [0.05, 0.1) is 17.1 Å². The van der Waals surface area contributed by atoms with Gasteiger partial charge in [-0.3, -0.25) is 4.79 Å². The van der Waals surface area contributed by atoms with Gasteiger partial charge in [-0.05, 0) is 36.2 Å². The molecule has 7 heteroatoms. The van der Waals surface area contributed by atoms with E-state index >= 15 is 0 Å². The van der Waals surface area contributed by atoms with Crippen LogP contribution in [0.25, 0.3) is 0 Å². The number of nitrogens with one attached hydrogen (secondary N) is 1. The van der Waals surface area contributed by atoms with Gasteiger partial charge in [0.15, 0.2) is 0 Å². The van der Waals surface area contributed by atoms with Gasteiger partial charge in [0, 0.05) is 22.9 Å². The molecule has 162 valence electrons. The highest BCUT2D eigenvalue weighted by Gasteiger charge is 2.37. The van der Waals surface area contributed by atoms with Crippen LogP contribution in [0.2, 0.25) is 0 Å². The van der Waals surface area contributed by atoms with Crippen molar-refractivity contribution in [1.29, 1.82) is 0 Å². The summed E-state index contributed by atoms with van der Waals surface area (Å²) in [6, 6.07) is 26.2. The average molecular weight is 462 g/mol. The zero-order valence-corrected chi connectivity index (χ0v) is 19.1. The van der Waals surface area contributed by atoms with Gasteiger partial charge in [0.25, 0.3) is 0 Å². The number of anilines is 2. The molecule has 0 spiro atoms. The molecule has 0 saturated carbocycles. The zero-order valence-electron chi connectivity index (χ0n) is 17.4. The molecule has 1 fully saturated rings. The molecule has 1 N–H and O–H groups in total. The Labute approximate surface area is 196 Å². The van der Waals surface area contributed by atoms with Crippen molar-refractivity contribution < 1.29 is 9.59 Å². The summed E-state index contributed by atoms with van der Waals surface area (Å²) in [5, 5.41) is 2.70. The lowest BCUT2D eigenvalue weighted by molar-refractivity contribution is -0.125. The van der Waals surface area contributed by atoms with E-state index in [9.17, 15) is 9.59 Å². The highest BCUT2D eigenvalue weighted by Crippen LogP contribution is 2.47. The first-order valence-corrected chi connectivity index (χ1v) is 12.5. The van der Waals surface area contributed by atoms with Gasteiger partial charge in [-0.15, -0.1) is 11.8 Å². The van der Waals surface area contributed by atoms with Gasteiger partial charge >= 0.3 is 6.03 Å². The van der Waals surface area contributed by atoms with Crippen LogP contribution in [0.4, 0.5) is 16.2 Å². The number of fused-ring (bicyclic) bond motifs is 2. The molecule has 2 aliphatic heterocycles. The predicted octanol–water partition coefficient (Wildman–Crippen LogP) is 5.66. The summed E-state index contributed by atoms with van der Waals surface area (Å²) in [7, 11) is 0. The molecule has 2 aliphatic rings. The van der Waals surface area contributed by atoms with Gasteiger partial charge in [-0.25, -0.2) is 9.69 Å². The monoisotopic (exact) mass is 461 g/mol. The SMILES string of the molecule is O=C1CSC(c2ccccc2)N1C(=O)NCCCN1c2ccccc2Sc2ccccc21. The number of imide groups is 1. The lowest BCUT2D eigenvalue weighted by Gasteiger charge is -2.32. The summed E-state index contributed by atoms with van der Waals surface area (Å²) >= 11 is 3.28. The Morgan fingerprint density at radius 2 is 1.53 bits per heavy atom. The minimum Gasteiger partial charge on any atom is -0.340 e. The molecular formula is C25H23N3O2S2. The molecule has 0 bridgehead atoms. The molecule has 32 heavy (non-hydrogen) atoms. The largest absolute Gasteiger partial charge is 0.340 e. The van der Waals surface area contributed by atoms with Crippen LogP contribution in [0, 0.1) is 0 Å². The second-order valence-corrected chi connectivity index (χ2v) is 9.76. The number of urea groups is 1. The second-order valence-electron chi connectivity index (χ2n) is 7.61. The fraction of sp³-hybridized carbons (Fsp3) is 0.200. The van der Waals surface area contributed by atoms with Crippen LogP contribution < -0.4 is 10.2 Å².